The molecule has 80 valence electrons. The van der Waals surface area contributed by atoms with Crippen LogP contribution in [0, 0.1) is 0 Å². The van der Waals surface area contributed by atoms with Crippen molar-refractivity contribution < 1.29 is 0 Å². The van der Waals surface area contributed by atoms with Gasteiger partial charge in [0.1, 0.15) is 5.69 Å². The van der Waals surface area contributed by atoms with Gasteiger partial charge in [-0.25, -0.2) is 0 Å². The number of nitrogens with two attached hydrogens (primary N) is 1. The second-order valence-corrected chi connectivity index (χ2v) is 3.92. The Hall–Kier alpha value is -1.21. The Balaban J connectivity index is 2.40. The lowest BCUT2D eigenvalue weighted by molar-refractivity contribution is 0.594. The summed E-state index contributed by atoms with van der Waals surface area (Å²) in [5, 5.41) is 14.4. The molecule has 2 heterocycles. The van der Waals surface area contributed by atoms with E-state index in [4.69, 9.17) is 5.73 Å². The predicted octanol–water partition coefficient (Wildman–Crippen LogP) is 0.832. The van der Waals surface area contributed by atoms with Crippen molar-refractivity contribution in [1.82, 2.24) is 25.2 Å². The molecule has 1 unspecified atom stereocenters. The highest BCUT2D eigenvalue weighted by atomic mass is 79.9. The van der Waals surface area contributed by atoms with Gasteiger partial charge in [0, 0.05) is 6.54 Å². The molecule has 0 bridgehead atoms. The summed E-state index contributed by atoms with van der Waals surface area (Å²) in [6.45, 7) is 2.78. The van der Waals surface area contributed by atoms with Crippen LogP contribution in [0.3, 0.4) is 0 Å². The monoisotopic (exact) mass is 270 g/mol. The largest absolute Gasteiger partial charge is 0.318 e. The van der Waals surface area contributed by atoms with Crippen LogP contribution in [0.5, 0.6) is 0 Å². The standard InChI is InChI=1S/C8H11BrN6/c1-2-15-8(5(9)3-12-15)7(10)6-4-11-14-13-6/h3-4,7H,2,10H2,1H3,(H,11,13,14). The molecular formula is C8H11BrN6. The van der Waals surface area contributed by atoms with Crippen molar-refractivity contribution in [2.75, 3.05) is 0 Å². The Morgan fingerprint density at radius 1 is 1.60 bits per heavy atom. The highest BCUT2D eigenvalue weighted by Gasteiger charge is 2.19. The summed E-state index contributed by atoms with van der Waals surface area (Å²) in [4.78, 5) is 0. The van der Waals surface area contributed by atoms with Gasteiger partial charge in [0.15, 0.2) is 0 Å². The van der Waals surface area contributed by atoms with E-state index in [-0.39, 0.29) is 6.04 Å². The molecular weight excluding hydrogens is 260 g/mol. The van der Waals surface area contributed by atoms with Crippen molar-refractivity contribution in [3.8, 4) is 0 Å². The molecule has 0 radical (unpaired) electrons. The molecule has 2 aromatic heterocycles. The summed E-state index contributed by atoms with van der Waals surface area (Å²) < 4.78 is 2.73. The third kappa shape index (κ3) is 1.80. The Morgan fingerprint density at radius 3 is 3.00 bits per heavy atom. The first-order valence-corrected chi connectivity index (χ1v) is 5.35. The molecule has 3 N–H and O–H groups in total. The van der Waals surface area contributed by atoms with Crippen molar-refractivity contribution in [1.29, 1.82) is 0 Å². The smallest absolute Gasteiger partial charge is 0.105 e. The molecule has 1 atom stereocenters. The van der Waals surface area contributed by atoms with E-state index in [0.717, 1.165) is 16.7 Å². The van der Waals surface area contributed by atoms with Gasteiger partial charge in [0.2, 0.25) is 0 Å². The van der Waals surface area contributed by atoms with E-state index in [1.54, 1.807) is 12.4 Å². The molecule has 2 aromatic rings. The molecule has 7 heteroatoms. The summed E-state index contributed by atoms with van der Waals surface area (Å²) in [5.74, 6) is 0. The van der Waals surface area contributed by atoms with Crippen LogP contribution in [0.4, 0.5) is 0 Å². The van der Waals surface area contributed by atoms with Gasteiger partial charge >= 0.3 is 0 Å². The lowest BCUT2D eigenvalue weighted by Gasteiger charge is -2.11. The Kier molecular flexibility index (Phi) is 2.83. The number of nitrogens with one attached hydrogen (secondary N) is 1. The fourth-order valence-electron chi connectivity index (χ4n) is 1.43. The molecule has 0 fully saturated rings. The van der Waals surface area contributed by atoms with Crippen LogP contribution in [0.1, 0.15) is 24.4 Å². The number of nitrogens with zero attached hydrogens (tertiary/aromatic N) is 4. The van der Waals surface area contributed by atoms with E-state index in [9.17, 15) is 0 Å². The van der Waals surface area contributed by atoms with Gasteiger partial charge in [0.25, 0.3) is 0 Å². The maximum absolute atomic E-state index is 6.07. The molecule has 0 spiro atoms. The van der Waals surface area contributed by atoms with E-state index in [0.29, 0.717) is 5.69 Å². The molecule has 0 aliphatic rings. The molecule has 2 rings (SSSR count). The fourth-order valence-corrected chi connectivity index (χ4v) is 1.98. The van der Waals surface area contributed by atoms with Gasteiger partial charge in [0.05, 0.1) is 28.6 Å². The number of hydrogen-bond acceptors (Lipinski definition) is 4. The minimum Gasteiger partial charge on any atom is -0.318 e. The van der Waals surface area contributed by atoms with Gasteiger partial charge < -0.3 is 5.73 Å². The lowest BCUT2D eigenvalue weighted by Crippen LogP contribution is -2.18. The lowest BCUT2D eigenvalue weighted by atomic mass is 10.1. The average Bonchev–Trinajstić information content (AvgIpc) is 2.85. The molecule has 0 aromatic carbocycles. The number of hydrogen-bond donors (Lipinski definition) is 2. The van der Waals surface area contributed by atoms with Crippen LogP contribution in [0.2, 0.25) is 0 Å². The van der Waals surface area contributed by atoms with E-state index >= 15 is 0 Å². The second-order valence-electron chi connectivity index (χ2n) is 3.07. The molecule has 0 saturated heterocycles. The van der Waals surface area contributed by atoms with Gasteiger partial charge in [-0.3, -0.25) is 4.68 Å². The third-order valence-electron chi connectivity index (χ3n) is 2.18. The number of H-pyrrole nitrogens is 1. The van der Waals surface area contributed by atoms with Crippen LogP contribution >= 0.6 is 15.9 Å². The molecule has 6 nitrogen and oxygen atoms in total. The fraction of sp³-hybridized carbons (Fsp3) is 0.375. The maximum atomic E-state index is 6.07. The topological polar surface area (TPSA) is 85.4 Å². The Labute approximate surface area is 95.0 Å². The zero-order chi connectivity index (χ0) is 10.8. The van der Waals surface area contributed by atoms with Crippen LogP contribution < -0.4 is 5.73 Å². The number of aryl methyl sites for hydroxylation is 1. The van der Waals surface area contributed by atoms with Crippen LogP contribution in [0.25, 0.3) is 0 Å². The summed E-state index contributed by atoms with van der Waals surface area (Å²) in [5.41, 5.74) is 7.68. The first-order valence-electron chi connectivity index (χ1n) is 4.56. The zero-order valence-electron chi connectivity index (χ0n) is 8.18. The molecule has 0 aliphatic carbocycles. The Morgan fingerprint density at radius 2 is 2.40 bits per heavy atom. The number of halogens is 1. The normalized spacial score (nSPS) is 13.0. The summed E-state index contributed by atoms with van der Waals surface area (Å²) in [6.07, 6.45) is 3.35. The van der Waals surface area contributed by atoms with E-state index < -0.39 is 0 Å². The zero-order valence-corrected chi connectivity index (χ0v) is 9.77. The van der Waals surface area contributed by atoms with E-state index in [1.165, 1.54) is 0 Å². The van der Waals surface area contributed by atoms with Gasteiger partial charge in [-0.1, -0.05) is 0 Å². The van der Waals surface area contributed by atoms with Crippen molar-refractivity contribution in [3.05, 3.63) is 28.3 Å². The Bertz CT molecular complexity index is 434. The quantitative estimate of drug-likeness (QED) is 0.865. The van der Waals surface area contributed by atoms with Gasteiger partial charge in [-0.05, 0) is 22.9 Å². The highest BCUT2D eigenvalue weighted by molar-refractivity contribution is 9.10. The third-order valence-corrected chi connectivity index (χ3v) is 2.79. The number of aromatic nitrogens is 5. The minimum atomic E-state index is -0.319. The summed E-state index contributed by atoms with van der Waals surface area (Å²) in [7, 11) is 0. The van der Waals surface area contributed by atoms with Crippen LogP contribution in [0.15, 0.2) is 16.9 Å². The maximum Gasteiger partial charge on any atom is 0.105 e. The summed E-state index contributed by atoms with van der Waals surface area (Å²) in [6, 6.07) is -0.319. The predicted molar refractivity (Wildman–Crippen MR) is 58.0 cm³/mol. The van der Waals surface area contributed by atoms with Crippen molar-refractivity contribution in [2.45, 2.75) is 19.5 Å². The number of rotatable bonds is 3. The summed E-state index contributed by atoms with van der Waals surface area (Å²) >= 11 is 3.42. The van der Waals surface area contributed by atoms with Crippen molar-refractivity contribution in [2.24, 2.45) is 5.73 Å². The SMILES string of the molecule is CCn1ncc(Br)c1C(N)c1cn[nH]n1. The highest BCUT2D eigenvalue weighted by Crippen LogP contribution is 2.25. The first kappa shape index (κ1) is 10.3. The van der Waals surface area contributed by atoms with Gasteiger partial charge in [-0.2, -0.15) is 20.5 Å². The van der Waals surface area contributed by atoms with Crippen molar-refractivity contribution >= 4 is 15.9 Å². The van der Waals surface area contributed by atoms with Crippen LogP contribution in [-0.2, 0) is 6.54 Å². The van der Waals surface area contributed by atoms with E-state index in [1.807, 2.05) is 11.6 Å². The van der Waals surface area contributed by atoms with Crippen molar-refractivity contribution in [3.63, 3.8) is 0 Å². The van der Waals surface area contributed by atoms with Crippen LogP contribution in [-0.4, -0.2) is 25.2 Å². The molecule has 0 aliphatic heterocycles. The van der Waals surface area contributed by atoms with Gasteiger partial charge in [-0.15, -0.1) is 0 Å². The second kappa shape index (κ2) is 4.11. The average molecular weight is 271 g/mol. The minimum absolute atomic E-state index is 0.319. The molecule has 15 heavy (non-hydrogen) atoms. The van der Waals surface area contributed by atoms with E-state index in [2.05, 4.69) is 36.4 Å². The molecule has 0 saturated carbocycles. The number of aromatic amines is 1. The first-order chi connectivity index (χ1) is 7.24. The molecule has 0 amide bonds.